The fourth-order valence-electron chi connectivity index (χ4n) is 2.29. The monoisotopic (exact) mass is 266 g/mol. The average molecular weight is 266 g/mol. The highest BCUT2D eigenvalue weighted by Gasteiger charge is 2.18. The summed E-state index contributed by atoms with van der Waals surface area (Å²) >= 11 is 0. The van der Waals surface area contributed by atoms with E-state index in [0.717, 1.165) is 23.1 Å². The molecule has 0 saturated heterocycles. The van der Waals surface area contributed by atoms with Crippen molar-refractivity contribution in [3.8, 4) is 0 Å². The van der Waals surface area contributed by atoms with E-state index in [2.05, 4.69) is 0 Å². The third-order valence-corrected chi connectivity index (χ3v) is 3.23. The van der Waals surface area contributed by atoms with E-state index in [-0.39, 0.29) is 5.97 Å². The number of carbonyl (C=O) groups excluding carboxylic acids is 1. The van der Waals surface area contributed by atoms with Crippen molar-refractivity contribution in [1.82, 2.24) is 0 Å². The Labute approximate surface area is 119 Å². The predicted molar refractivity (Wildman–Crippen MR) is 82.0 cm³/mol. The van der Waals surface area contributed by atoms with Gasteiger partial charge in [-0.1, -0.05) is 67.6 Å². The van der Waals surface area contributed by atoms with Gasteiger partial charge in [-0.2, -0.15) is 0 Å². The van der Waals surface area contributed by atoms with E-state index >= 15 is 0 Å². The van der Waals surface area contributed by atoms with E-state index in [9.17, 15) is 4.79 Å². The van der Waals surface area contributed by atoms with Gasteiger partial charge in [-0.15, -0.1) is 0 Å². The third-order valence-electron chi connectivity index (χ3n) is 3.23. The molecule has 0 aromatic heterocycles. The first-order chi connectivity index (χ1) is 9.77. The summed E-state index contributed by atoms with van der Waals surface area (Å²) in [4.78, 5) is 12.2. The van der Waals surface area contributed by atoms with Crippen LogP contribution in [0, 0.1) is 0 Å². The van der Waals surface area contributed by atoms with E-state index in [1.807, 2.05) is 67.6 Å². The molecule has 0 spiro atoms. The van der Waals surface area contributed by atoms with Crippen LogP contribution in [0.3, 0.4) is 0 Å². The molecule has 0 amide bonds. The van der Waals surface area contributed by atoms with Gasteiger partial charge < -0.3 is 4.74 Å². The minimum atomic E-state index is -0.295. The molecule has 2 heteroatoms. The maximum absolute atomic E-state index is 12.2. The van der Waals surface area contributed by atoms with E-state index in [1.165, 1.54) is 7.11 Å². The zero-order valence-electron chi connectivity index (χ0n) is 11.8. The van der Waals surface area contributed by atoms with Gasteiger partial charge in [-0.3, -0.25) is 0 Å². The molecule has 0 heterocycles. The first-order valence-electron chi connectivity index (χ1n) is 6.70. The molecule has 20 heavy (non-hydrogen) atoms. The smallest absolute Gasteiger partial charge is 0.338 e. The van der Waals surface area contributed by atoms with Crippen LogP contribution in [0.5, 0.6) is 0 Å². The highest BCUT2D eigenvalue weighted by Crippen LogP contribution is 2.29. The molecule has 0 fully saturated rings. The summed E-state index contributed by atoms with van der Waals surface area (Å²) in [7, 11) is 1.42. The van der Waals surface area contributed by atoms with Crippen LogP contribution >= 0.6 is 0 Å². The van der Waals surface area contributed by atoms with Gasteiger partial charge in [0.2, 0.25) is 0 Å². The minimum Gasteiger partial charge on any atom is -0.465 e. The molecular weight excluding hydrogens is 248 g/mol. The molecule has 2 rings (SSSR count). The van der Waals surface area contributed by atoms with Crippen LogP contribution in [-0.2, 0) is 9.53 Å². The van der Waals surface area contributed by atoms with Crippen LogP contribution < -0.4 is 0 Å². The SMILES string of the molecule is CC/C(=C(/C(=O)OC)c1ccccc1)c1ccccc1. The lowest BCUT2D eigenvalue weighted by molar-refractivity contribution is -0.133. The molecule has 0 N–H and O–H groups in total. The number of benzene rings is 2. The fraction of sp³-hybridized carbons (Fsp3) is 0.167. The number of methoxy groups -OCH3 is 1. The number of hydrogen-bond donors (Lipinski definition) is 0. The molecule has 102 valence electrons. The van der Waals surface area contributed by atoms with Gasteiger partial charge >= 0.3 is 5.97 Å². The van der Waals surface area contributed by atoms with Crippen molar-refractivity contribution in [2.75, 3.05) is 7.11 Å². The van der Waals surface area contributed by atoms with Gasteiger partial charge in [0, 0.05) is 0 Å². The Morgan fingerprint density at radius 1 is 0.900 bits per heavy atom. The van der Waals surface area contributed by atoms with Crippen LogP contribution in [0.25, 0.3) is 11.1 Å². The fourth-order valence-corrected chi connectivity index (χ4v) is 2.29. The van der Waals surface area contributed by atoms with Gasteiger partial charge in [0.1, 0.15) is 0 Å². The second-order valence-corrected chi connectivity index (χ2v) is 4.43. The first kappa shape index (κ1) is 14.1. The Morgan fingerprint density at radius 3 is 1.85 bits per heavy atom. The summed E-state index contributed by atoms with van der Waals surface area (Å²) < 4.78 is 4.97. The second-order valence-electron chi connectivity index (χ2n) is 4.43. The zero-order valence-corrected chi connectivity index (χ0v) is 11.8. The lowest BCUT2D eigenvalue weighted by Gasteiger charge is -2.13. The van der Waals surface area contributed by atoms with Crippen LogP contribution in [0.2, 0.25) is 0 Å². The van der Waals surface area contributed by atoms with E-state index in [1.54, 1.807) is 0 Å². The molecule has 2 aromatic rings. The molecule has 0 atom stereocenters. The van der Waals surface area contributed by atoms with Crippen molar-refractivity contribution in [1.29, 1.82) is 0 Å². The number of hydrogen-bond acceptors (Lipinski definition) is 2. The number of ether oxygens (including phenoxy) is 1. The maximum atomic E-state index is 12.2. The van der Waals surface area contributed by atoms with Gasteiger partial charge in [0.25, 0.3) is 0 Å². The first-order valence-corrected chi connectivity index (χ1v) is 6.70. The largest absolute Gasteiger partial charge is 0.465 e. The third kappa shape index (κ3) is 2.97. The quantitative estimate of drug-likeness (QED) is 0.471. The lowest BCUT2D eigenvalue weighted by Crippen LogP contribution is -2.07. The summed E-state index contributed by atoms with van der Waals surface area (Å²) in [6, 6.07) is 19.6. The van der Waals surface area contributed by atoms with Gasteiger partial charge in [0.15, 0.2) is 0 Å². The highest BCUT2D eigenvalue weighted by atomic mass is 16.5. The molecule has 0 aliphatic carbocycles. The van der Waals surface area contributed by atoms with E-state index < -0.39 is 0 Å². The normalized spacial score (nSPS) is 11.7. The number of rotatable bonds is 4. The van der Waals surface area contributed by atoms with Crippen molar-refractivity contribution in [3.05, 3.63) is 71.8 Å². The van der Waals surface area contributed by atoms with E-state index in [4.69, 9.17) is 4.74 Å². The summed E-state index contributed by atoms with van der Waals surface area (Å²) in [6.45, 7) is 2.05. The lowest BCUT2D eigenvalue weighted by atomic mass is 9.93. The van der Waals surface area contributed by atoms with E-state index in [0.29, 0.717) is 5.57 Å². The van der Waals surface area contributed by atoms with Crippen molar-refractivity contribution in [3.63, 3.8) is 0 Å². The topological polar surface area (TPSA) is 26.3 Å². The summed E-state index contributed by atoms with van der Waals surface area (Å²) in [5.41, 5.74) is 3.59. The molecule has 0 radical (unpaired) electrons. The second kappa shape index (κ2) is 6.71. The molecule has 0 aliphatic heterocycles. The Kier molecular flexibility index (Phi) is 4.72. The Hall–Kier alpha value is -2.35. The van der Waals surface area contributed by atoms with Gasteiger partial charge in [0.05, 0.1) is 12.7 Å². The molecule has 2 aromatic carbocycles. The molecule has 0 saturated carbocycles. The minimum absolute atomic E-state index is 0.295. The number of esters is 1. The van der Waals surface area contributed by atoms with Crippen LogP contribution in [-0.4, -0.2) is 13.1 Å². The van der Waals surface area contributed by atoms with Gasteiger partial charge in [-0.25, -0.2) is 4.79 Å². The molecule has 0 aliphatic rings. The number of allylic oxidation sites excluding steroid dienone is 1. The molecule has 0 bridgehead atoms. The molecule has 2 nitrogen and oxygen atoms in total. The predicted octanol–water partition coefficient (Wildman–Crippen LogP) is 4.18. The number of carbonyl (C=O) groups is 1. The molecule has 0 unspecified atom stereocenters. The Balaban J connectivity index is 2.64. The van der Waals surface area contributed by atoms with Crippen LogP contribution in [0.15, 0.2) is 60.7 Å². The van der Waals surface area contributed by atoms with Crippen molar-refractivity contribution in [2.45, 2.75) is 13.3 Å². The maximum Gasteiger partial charge on any atom is 0.338 e. The van der Waals surface area contributed by atoms with Crippen LogP contribution in [0.1, 0.15) is 24.5 Å². The van der Waals surface area contributed by atoms with Crippen molar-refractivity contribution < 1.29 is 9.53 Å². The van der Waals surface area contributed by atoms with Gasteiger partial charge in [-0.05, 0) is 23.1 Å². The Bertz CT molecular complexity index is 598. The summed E-state index contributed by atoms with van der Waals surface area (Å²) in [6.07, 6.45) is 0.767. The molecular formula is C18H18O2. The average Bonchev–Trinajstić information content (AvgIpc) is 2.53. The van der Waals surface area contributed by atoms with Crippen LogP contribution in [0.4, 0.5) is 0 Å². The van der Waals surface area contributed by atoms with Crippen molar-refractivity contribution in [2.24, 2.45) is 0 Å². The summed E-state index contributed by atoms with van der Waals surface area (Å²) in [5, 5.41) is 0. The highest BCUT2D eigenvalue weighted by molar-refractivity contribution is 6.24. The summed E-state index contributed by atoms with van der Waals surface area (Å²) in [5.74, 6) is -0.295. The standard InChI is InChI=1S/C18H18O2/c1-3-16(14-10-6-4-7-11-14)17(18(19)20-2)15-12-8-5-9-13-15/h4-13H,3H2,1-2H3/b17-16-. The Morgan fingerprint density at radius 2 is 1.40 bits per heavy atom. The van der Waals surface area contributed by atoms with Crippen molar-refractivity contribution >= 4 is 17.1 Å². The zero-order chi connectivity index (χ0) is 14.4.